The minimum atomic E-state index is -3.82. The molecule has 2 aliphatic rings. The lowest BCUT2D eigenvalue weighted by atomic mass is 10.1. The molecule has 2 amide bonds. The number of piperidine rings is 1. The van der Waals surface area contributed by atoms with Crippen molar-refractivity contribution in [3.63, 3.8) is 0 Å². The van der Waals surface area contributed by atoms with Gasteiger partial charge in [-0.2, -0.15) is 4.31 Å². The highest BCUT2D eigenvalue weighted by Gasteiger charge is 2.32. The third-order valence-corrected chi connectivity index (χ3v) is 6.19. The number of nitrogens with zero attached hydrogens (tertiary/aromatic N) is 2. The van der Waals surface area contributed by atoms with Crippen molar-refractivity contribution in [2.75, 3.05) is 38.3 Å². The van der Waals surface area contributed by atoms with Crippen molar-refractivity contribution in [2.45, 2.75) is 24.2 Å². The van der Waals surface area contributed by atoms with Gasteiger partial charge < -0.3 is 9.47 Å². The average Bonchev–Trinajstić information content (AvgIpc) is 2.62. The molecule has 3 rings (SSSR count). The van der Waals surface area contributed by atoms with Crippen LogP contribution in [0.3, 0.4) is 0 Å². The summed E-state index contributed by atoms with van der Waals surface area (Å²) in [4.78, 5) is 25.2. The Kier molecular flexibility index (Phi) is 5.07. The number of benzene rings is 1. The summed E-state index contributed by atoms with van der Waals surface area (Å²) < 4.78 is 37.6. The number of morpholine rings is 1. The largest absolute Gasteiger partial charge is 0.495 e. The fourth-order valence-corrected chi connectivity index (χ4v) is 4.56. The summed E-state index contributed by atoms with van der Waals surface area (Å²) in [7, 11) is -2.44. The number of methoxy groups -OCH3 is 1. The number of anilines is 1. The number of rotatable bonds is 4. The lowest BCUT2D eigenvalue weighted by molar-refractivity contribution is -0.129. The van der Waals surface area contributed by atoms with Crippen LogP contribution in [0.5, 0.6) is 5.75 Å². The van der Waals surface area contributed by atoms with E-state index in [2.05, 4.69) is 0 Å². The van der Waals surface area contributed by atoms with E-state index in [1.807, 2.05) is 0 Å². The minimum absolute atomic E-state index is 0.0550. The van der Waals surface area contributed by atoms with Gasteiger partial charge in [0.2, 0.25) is 21.8 Å². The first kappa shape index (κ1) is 17.8. The van der Waals surface area contributed by atoms with E-state index >= 15 is 0 Å². The molecule has 1 aromatic carbocycles. The molecule has 2 aliphatic heterocycles. The molecule has 25 heavy (non-hydrogen) atoms. The predicted molar refractivity (Wildman–Crippen MR) is 88.9 cm³/mol. The van der Waals surface area contributed by atoms with E-state index in [-0.39, 0.29) is 54.1 Å². The predicted octanol–water partition coefficient (Wildman–Crippen LogP) is 0.760. The molecule has 0 radical (unpaired) electrons. The molecule has 2 fully saturated rings. The molecule has 0 saturated carbocycles. The van der Waals surface area contributed by atoms with Crippen LogP contribution in [0, 0.1) is 0 Å². The van der Waals surface area contributed by atoms with Gasteiger partial charge in [0.05, 0.1) is 26.0 Å². The Morgan fingerprint density at radius 2 is 1.72 bits per heavy atom. The molecular formula is C16H20N2O6S. The maximum Gasteiger partial charge on any atom is 0.246 e. The molecule has 0 aliphatic carbocycles. The number of sulfonamides is 1. The Bertz CT molecular complexity index is 770. The van der Waals surface area contributed by atoms with E-state index in [0.717, 1.165) is 4.90 Å². The maximum absolute atomic E-state index is 13.0. The number of imide groups is 1. The summed E-state index contributed by atoms with van der Waals surface area (Å²) in [5.74, 6) is -0.473. The van der Waals surface area contributed by atoms with Gasteiger partial charge in [0.25, 0.3) is 0 Å². The van der Waals surface area contributed by atoms with Crippen LogP contribution in [0.15, 0.2) is 23.1 Å². The Labute approximate surface area is 146 Å². The maximum atomic E-state index is 13.0. The van der Waals surface area contributed by atoms with Gasteiger partial charge >= 0.3 is 0 Å². The van der Waals surface area contributed by atoms with E-state index in [9.17, 15) is 18.0 Å². The van der Waals surface area contributed by atoms with Gasteiger partial charge in [-0.05, 0) is 24.6 Å². The molecule has 0 bridgehead atoms. The molecule has 0 spiro atoms. The zero-order valence-corrected chi connectivity index (χ0v) is 14.8. The fourth-order valence-electron chi connectivity index (χ4n) is 2.97. The summed E-state index contributed by atoms with van der Waals surface area (Å²) >= 11 is 0. The standard InChI is InChI=1S/C16H20N2O6S/c1-23-13-6-5-12(18-15(19)3-2-4-16(18)20)11-14(13)25(21,22)17-7-9-24-10-8-17/h5-6,11H,2-4,7-10H2,1H3. The number of carbonyl (C=O) groups excluding carboxylic acids is 2. The van der Waals surface area contributed by atoms with Gasteiger partial charge in [-0.3, -0.25) is 14.5 Å². The van der Waals surface area contributed by atoms with Gasteiger partial charge in [0.1, 0.15) is 10.6 Å². The Morgan fingerprint density at radius 1 is 1.08 bits per heavy atom. The SMILES string of the molecule is COc1ccc(N2C(=O)CCCC2=O)cc1S(=O)(=O)N1CCOCC1. The van der Waals surface area contributed by atoms with Gasteiger partial charge in [0, 0.05) is 25.9 Å². The van der Waals surface area contributed by atoms with Crippen molar-refractivity contribution in [2.24, 2.45) is 0 Å². The lowest BCUT2D eigenvalue weighted by Gasteiger charge is -2.28. The smallest absolute Gasteiger partial charge is 0.246 e. The Balaban J connectivity index is 2.03. The van der Waals surface area contributed by atoms with Crippen molar-refractivity contribution in [1.82, 2.24) is 4.31 Å². The van der Waals surface area contributed by atoms with Crippen molar-refractivity contribution in [3.8, 4) is 5.75 Å². The van der Waals surface area contributed by atoms with Crippen LogP contribution in [0.4, 0.5) is 5.69 Å². The van der Waals surface area contributed by atoms with Gasteiger partial charge in [-0.15, -0.1) is 0 Å². The first-order chi connectivity index (χ1) is 11.9. The number of hydrogen-bond donors (Lipinski definition) is 0. The number of hydrogen-bond acceptors (Lipinski definition) is 6. The van der Waals surface area contributed by atoms with Crippen molar-refractivity contribution >= 4 is 27.5 Å². The highest BCUT2D eigenvalue weighted by molar-refractivity contribution is 7.89. The second kappa shape index (κ2) is 7.11. The molecule has 2 saturated heterocycles. The third-order valence-electron chi connectivity index (χ3n) is 4.27. The first-order valence-electron chi connectivity index (χ1n) is 8.07. The van der Waals surface area contributed by atoms with E-state index in [4.69, 9.17) is 9.47 Å². The summed E-state index contributed by atoms with van der Waals surface area (Å²) in [5, 5.41) is 0. The number of carbonyl (C=O) groups is 2. The normalized spacial score (nSPS) is 20.0. The first-order valence-corrected chi connectivity index (χ1v) is 9.51. The monoisotopic (exact) mass is 368 g/mol. The van der Waals surface area contributed by atoms with Crippen molar-refractivity contribution in [3.05, 3.63) is 18.2 Å². The average molecular weight is 368 g/mol. The van der Waals surface area contributed by atoms with Crippen molar-refractivity contribution < 1.29 is 27.5 Å². The van der Waals surface area contributed by atoms with Gasteiger partial charge in [-0.25, -0.2) is 8.42 Å². The minimum Gasteiger partial charge on any atom is -0.495 e. The molecule has 1 aromatic rings. The van der Waals surface area contributed by atoms with E-state index in [1.54, 1.807) is 0 Å². The Hall–Kier alpha value is -1.97. The zero-order chi connectivity index (χ0) is 18.0. The summed E-state index contributed by atoms with van der Waals surface area (Å²) in [5.41, 5.74) is 0.252. The van der Waals surface area contributed by atoms with Crippen LogP contribution in [0.25, 0.3) is 0 Å². The molecule has 136 valence electrons. The van der Waals surface area contributed by atoms with E-state index in [1.165, 1.54) is 29.6 Å². The molecule has 9 heteroatoms. The van der Waals surface area contributed by atoms with Crippen LogP contribution >= 0.6 is 0 Å². The van der Waals surface area contributed by atoms with Crippen molar-refractivity contribution in [1.29, 1.82) is 0 Å². The summed E-state index contributed by atoms with van der Waals surface area (Å²) in [6.07, 6.45) is 1.05. The summed E-state index contributed by atoms with van der Waals surface area (Å²) in [6, 6.07) is 4.33. The molecule has 0 atom stereocenters. The van der Waals surface area contributed by atoms with Crippen LogP contribution in [0.2, 0.25) is 0 Å². The fraction of sp³-hybridized carbons (Fsp3) is 0.500. The van der Waals surface area contributed by atoms with Crippen LogP contribution in [-0.2, 0) is 24.3 Å². The second-order valence-corrected chi connectivity index (χ2v) is 7.73. The second-order valence-electron chi connectivity index (χ2n) is 5.83. The molecule has 0 N–H and O–H groups in total. The number of ether oxygens (including phenoxy) is 2. The molecular weight excluding hydrogens is 348 g/mol. The molecule has 8 nitrogen and oxygen atoms in total. The Morgan fingerprint density at radius 3 is 2.32 bits per heavy atom. The topological polar surface area (TPSA) is 93.2 Å². The van der Waals surface area contributed by atoms with Crippen LogP contribution < -0.4 is 9.64 Å². The lowest BCUT2D eigenvalue weighted by Crippen LogP contribution is -2.41. The van der Waals surface area contributed by atoms with Gasteiger partial charge in [-0.1, -0.05) is 0 Å². The number of amides is 2. The van der Waals surface area contributed by atoms with Gasteiger partial charge in [0.15, 0.2) is 0 Å². The summed E-state index contributed by atoms with van der Waals surface area (Å²) in [6.45, 7) is 1.14. The van der Waals surface area contributed by atoms with Crippen LogP contribution in [0.1, 0.15) is 19.3 Å². The van der Waals surface area contributed by atoms with E-state index < -0.39 is 10.0 Å². The molecule has 0 aromatic heterocycles. The quantitative estimate of drug-likeness (QED) is 0.729. The van der Waals surface area contributed by atoms with E-state index in [0.29, 0.717) is 19.6 Å². The zero-order valence-electron chi connectivity index (χ0n) is 13.9. The van der Waals surface area contributed by atoms with Crippen LogP contribution in [-0.4, -0.2) is 58.0 Å². The molecule has 2 heterocycles. The highest BCUT2D eigenvalue weighted by Crippen LogP contribution is 2.33. The third kappa shape index (κ3) is 3.39. The molecule has 0 unspecified atom stereocenters. The highest BCUT2D eigenvalue weighted by atomic mass is 32.2.